The average Bonchev–Trinajstić information content (AvgIpc) is 3.19. The first-order chi connectivity index (χ1) is 9.13. The van der Waals surface area contributed by atoms with Crippen molar-refractivity contribution < 1.29 is 4.39 Å². The minimum Gasteiger partial charge on any atom is -0.329 e. The van der Waals surface area contributed by atoms with Gasteiger partial charge in [-0.3, -0.25) is 0 Å². The third kappa shape index (κ3) is 2.24. The number of nitrogens with two attached hydrogens (primary N) is 1. The predicted octanol–water partition coefficient (Wildman–Crippen LogP) is 2.58. The van der Waals surface area contributed by atoms with Crippen molar-refractivity contribution in [2.45, 2.75) is 25.2 Å². The summed E-state index contributed by atoms with van der Waals surface area (Å²) in [6.45, 7) is 2.50. The molecule has 0 aliphatic heterocycles. The molecule has 0 spiro atoms. The number of nitrogens with zero attached hydrogens (tertiary/aromatic N) is 2. The molecule has 0 atom stereocenters. The molecule has 1 aliphatic rings. The minimum absolute atomic E-state index is 0.0475. The second-order valence-electron chi connectivity index (χ2n) is 5.21. The maximum Gasteiger partial charge on any atom is 0.136 e. The molecule has 98 valence electrons. The van der Waals surface area contributed by atoms with E-state index in [0.717, 1.165) is 35.6 Å². The summed E-state index contributed by atoms with van der Waals surface area (Å²) in [5, 5.41) is 0. The Bertz CT molecular complexity index is 621. The molecule has 3 rings (SSSR count). The number of aryl methyl sites for hydroxylation is 1. The maximum absolute atomic E-state index is 13.3. The van der Waals surface area contributed by atoms with E-state index < -0.39 is 0 Å². The first-order valence-corrected chi connectivity index (χ1v) is 6.45. The molecular formula is C15H16FN3. The van der Waals surface area contributed by atoms with Gasteiger partial charge < -0.3 is 5.73 Å². The number of aromatic nitrogens is 2. The Morgan fingerprint density at radius 2 is 2.05 bits per heavy atom. The molecule has 4 heteroatoms. The van der Waals surface area contributed by atoms with Crippen molar-refractivity contribution in [3.05, 3.63) is 47.7 Å². The van der Waals surface area contributed by atoms with E-state index in [0.29, 0.717) is 6.54 Å². The summed E-state index contributed by atoms with van der Waals surface area (Å²) in [6.07, 6.45) is 2.07. The maximum atomic E-state index is 13.3. The van der Waals surface area contributed by atoms with E-state index >= 15 is 0 Å². The van der Waals surface area contributed by atoms with Crippen molar-refractivity contribution in [3.8, 4) is 11.3 Å². The molecule has 1 fully saturated rings. The molecule has 1 aromatic carbocycles. The van der Waals surface area contributed by atoms with E-state index in [1.807, 2.05) is 19.1 Å². The fourth-order valence-electron chi connectivity index (χ4n) is 2.27. The zero-order valence-corrected chi connectivity index (χ0v) is 10.9. The Balaban J connectivity index is 2.08. The average molecular weight is 257 g/mol. The Morgan fingerprint density at radius 1 is 1.26 bits per heavy atom. The SMILES string of the molecule is Cc1cc(-c2cccc(F)c2)nc(C2(CN)CC2)n1. The Morgan fingerprint density at radius 3 is 2.68 bits per heavy atom. The Labute approximate surface area is 111 Å². The normalized spacial score (nSPS) is 16.4. The van der Waals surface area contributed by atoms with Gasteiger partial charge in [-0.05, 0) is 38.0 Å². The minimum atomic E-state index is -0.254. The quantitative estimate of drug-likeness (QED) is 0.919. The molecule has 1 heterocycles. The van der Waals surface area contributed by atoms with E-state index in [-0.39, 0.29) is 11.2 Å². The molecule has 1 saturated carbocycles. The predicted molar refractivity (Wildman–Crippen MR) is 72.1 cm³/mol. The standard InChI is InChI=1S/C15H16FN3/c1-10-7-13(11-3-2-4-12(16)8-11)19-14(18-10)15(9-17)5-6-15/h2-4,7-8H,5-6,9,17H2,1H3. The highest BCUT2D eigenvalue weighted by molar-refractivity contribution is 5.59. The number of hydrogen-bond donors (Lipinski definition) is 1. The van der Waals surface area contributed by atoms with Crippen LogP contribution in [0.2, 0.25) is 0 Å². The van der Waals surface area contributed by atoms with Crippen molar-refractivity contribution in [3.63, 3.8) is 0 Å². The summed E-state index contributed by atoms with van der Waals surface area (Å²) < 4.78 is 13.3. The van der Waals surface area contributed by atoms with Gasteiger partial charge in [-0.2, -0.15) is 0 Å². The van der Waals surface area contributed by atoms with E-state index in [1.54, 1.807) is 6.07 Å². The fraction of sp³-hybridized carbons (Fsp3) is 0.333. The van der Waals surface area contributed by atoms with Gasteiger partial charge in [-0.15, -0.1) is 0 Å². The van der Waals surface area contributed by atoms with Crippen LogP contribution in [0.3, 0.4) is 0 Å². The first kappa shape index (κ1) is 12.2. The van der Waals surface area contributed by atoms with Crippen LogP contribution in [0.25, 0.3) is 11.3 Å². The zero-order chi connectivity index (χ0) is 13.5. The van der Waals surface area contributed by atoms with Gasteiger partial charge in [0.2, 0.25) is 0 Å². The van der Waals surface area contributed by atoms with E-state index in [2.05, 4.69) is 9.97 Å². The lowest BCUT2D eigenvalue weighted by atomic mass is 10.1. The van der Waals surface area contributed by atoms with E-state index in [9.17, 15) is 4.39 Å². The lowest BCUT2D eigenvalue weighted by Gasteiger charge is -2.13. The molecule has 19 heavy (non-hydrogen) atoms. The summed E-state index contributed by atoms with van der Waals surface area (Å²) in [4.78, 5) is 9.09. The van der Waals surface area contributed by atoms with Crippen LogP contribution in [0.1, 0.15) is 24.4 Å². The second-order valence-corrected chi connectivity index (χ2v) is 5.21. The molecular weight excluding hydrogens is 241 g/mol. The smallest absolute Gasteiger partial charge is 0.136 e. The van der Waals surface area contributed by atoms with Crippen LogP contribution in [0, 0.1) is 12.7 Å². The topological polar surface area (TPSA) is 51.8 Å². The number of rotatable bonds is 3. The molecule has 0 bridgehead atoms. The van der Waals surface area contributed by atoms with Gasteiger partial charge in [0.15, 0.2) is 0 Å². The molecule has 2 N–H and O–H groups in total. The number of hydrogen-bond acceptors (Lipinski definition) is 3. The third-order valence-corrected chi connectivity index (χ3v) is 3.69. The Hall–Kier alpha value is -1.81. The number of benzene rings is 1. The molecule has 0 radical (unpaired) electrons. The van der Waals surface area contributed by atoms with Gasteiger partial charge in [-0.1, -0.05) is 12.1 Å². The van der Waals surface area contributed by atoms with Gasteiger partial charge in [0.25, 0.3) is 0 Å². The number of halogens is 1. The third-order valence-electron chi connectivity index (χ3n) is 3.69. The molecule has 1 aliphatic carbocycles. The van der Waals surface area contributed by atoms with Crippen molar-refractivity contribution in [1.82, 2.24) is 9.97 Å². The molecule has 1 aromatic heterocycles. The second kappa shape index (κ2) is 4.38. The molecule has 0 unspecified atom stereocenters. The van der Waals surface area contributed by atoms with Crippen molar-refractivity contribution in [2.24, 2.45) is 5.73 Å². The summed E-state index contributed by atoms with van der Waals surface area (Å²) in [6, 6.07) is 8.35. The van der Waals surface area contributed by atoms with E-state index in [1.165, 1.54) is 12.1 Å². The van der Waals surface area contributed by atoms with Gasteiger partial charge in [0, 0.05) is 23.2 Å². The van der Waals surface area contributed by atoms with Crippen LogP contribution >= 0.6 is 0 Å². The van der Waals surface area contributed by atoms with Crippen LogP contribution in [-0.2, 0) is 5.41 Å². The van der Waals surface area contributed by atoms with Crippen molar-refractivity contribution in [2.75, 3.05) is 6.54 Å². The Kier molecular flexibility index (Phi) is 2.82. The first-order valence-electron chi connectivity index (χ1n) is 6.45. The highest BCUT2D eigenvalue weighted by Crippen LogP contribution is 2.45. The zero-order valence-electron chi connectivity index (χ0n) is 10.9. The lowest BCUT2D eigenvalue weighted by Crippen LogP contribution is -2.23. The van der Waals surface area contributed by atoms with Gasteiger partial charge in [-0.25, -0.2) is 14.4 Å². The highest BCUT2D eigenvalue weighted by atomic mass is 19.1. The van der Waals surface area contributed by atoms with Crippen molar-refractivity contribution in [1.29, 1.82) is 0 Å². The fourth-order valence-corrected chi connectivity index (χ4v) is 2.27. The summed E-state index contributed by atoms with van der Waals surface area (Å²) >= 11 is 0. The van der Waals surface area contributed by atoms with Crippen LogP contribution in [-0.4, -0.2) is 16.5 Å². The van der Waals surface area contributed by atoms with E-state index in [4.69, 9.17) is 5.73 Å². The summed E-state index contributed by atoms with van der Waals surface area (Å²) in [5.74, 6) is 0.546. The van der Waals surface area contributed by atoms with Crippen molar-refractivity contribution >= 4 is 0 Å². The van der Waals surface area contributed by atoms with Gasteiger partial charge in [0.05, 0.1) is 5.69 Å². The molecule has 0 amide bonds. The van der Waals surface area contributed by atoms with Crippen LogP contribution in [0.15, 0.2) is 30.3 Å². The highest BCUT2D eigenvalue weighted by Gasteiger charge is 2.46. The molecule has 0 saturated heterocycles. The van der Waals surface area contributed by atoms with Crippen LogP contribution < -0.4 is 5.73 Å². The van der Waals surface area contributed by atoms with Gasteiger partial charge in [0.1, 0.15) is 11.6 Å². The van der Waals surface area contributed by atoms with Crippen LogP contribution in [0.4, 0.5) is 4.39 Å². The van der Waals surface area contributed by atoms with Crippen LogP contribution in [0.5, 0.6) is 0 Å². The molecule has 2 aromatic rings. The lowest BCUT2D eigenvalue weighted by molar-refractivity contribution is 0.627. The summed E-state index contributed by atoms with van der Waals surface area (Å²) in [7, 11) is 0. The monoisotopic (exact) mass is 257 g/mol. The molecule has 3 nitrogen and oxygen atoms in total. The largest absolute Gasteiger partial charge is 0.329 e. The van der Waals surface area contributed by atoms with Gasteiger partial charge >= 0.3 is 0 Å². The summed E-state index contributed by atoms with van der Waals surface area (Å²) in [5.41, 5.74) is 8.21.